The number of guanidine groups is 1. The van der Waals surface area contributed by atoms with Gasteiger partial charge in [0.15, 0.2) is 5.96 Å². The zero-order chi connectivity index (χ0) is 17.0. The lowest BCUT2D eigenvalue weighted by Gasteiger charge is -2.12. The van der Waals surface area contributed by atoms with Gasteiger partial charge in [-0.15, -0.1) is 0 Å². The first-order chi connectivity index (χ1) is 11.8. The number of para-hydroxylation sites is 1. The molecule has 6 heteroatoms. The predicted octanol–water partition coefficient (Wildman–Crippen LogP) is 2.22. The van der Waals surface area contributed by atoms with Crippen LogP contribution in [0, 0.1) is 0 Å². The summed E-state index contributed by atoms with van der Waals surface area (Å²) in [5.74, 6) is 2.26. The summed E-state index contributed by atoms with van der Waals surface area (Å²) in [7, 11) is 3.36. The fraction of sp³-hybridized carbons (Fsp3) is 0.333. The Balaban J connectivity index is 1.65. The Morgan fingerprint density at radius 1 is 1.17 bits per heavy atom. The van der Waals surface area contributed by atoms with E-state index in [2.05, 4.69) is 20.6 Å². The number of ether oxygens (including phenoxy) is 2. The van der Waals surface area contributed by atoms with Crippen LogP contribution in [0.5, 0.6) is 11.6 Å². The summed E-state index contributed by atoms with van der Waals surface area (Å²) in [6.45, 7) is 2.10. The van der Waals surface area contributed by atoms with Crippen LogP contribution in [0.25, 0.3) is 0 Å². The highest BCUT2D eigenvalue weighted by molar-refractivity contribution is 5.79. The van der Waals surface area contributed by atoms with Gasteiger partial charge in [0.25, 0.3) is 0 Å². The molecule has 0 atom stereocenters. The van der Waals surface area contributed by atoms with Crippen LogP contribution >= 0.6 is 0 Å². The predicted molar refractivity (Wildman–Crippen MR) is 95.5 cm³/mol. The lowest BCUT2D eigenvalue weighted by atomic mass is 10.2. The maximum atomic E-state index is 5.66. The van der Waals surface area contributed by atoms with Crippen molar-refractivity contribution in [1.29, 1.82) is 0 Å². The highest BCUT2D eigenvalue weighted by Crippen LogP contribution is 2.08. The Bertz CT molecular complexity index is 632. The molecule has 1 aromatic heterocycles. The molecule has 0 radical (unpaired) electrons. The minimum atomic E-state index is 0.607. The van der Waals surface area contributed by atoms with E-state index >= 15 is 0 Å². The number of hydrogen-bond acceptors (Lipinski definition) is 4. The summed E-state index contributed by atoms with van der Waals surface area (Å²) >= 11 is 0. The summed E-state index contributed by atoms with van der Waals surface area (Å²) in [4.78, 5) is 8.30. The molecule has 2 N–H and O–H groups in total. The molecule has 1 aromatic carbocycles. The van der Waals surface area contributed by atoms with Gasteiger partial charge in [-0.1, -0.05) is 18.2 Å². The summed E-state index contributed by atoms with van der Waals surface area (Å²) < 4.78 is 10.8. The Kier molecular flexibility index (Phi) is 7.40. The first kappa shape index (κ1) is 17.6. The number of rotatable bonds is 8. The van der Waals surface area contributed by atoms with Crippen LogP contribution < -0.4 is 20.1 Å². The number of pyridine rings is 1. The van der Waals surface area contributed by atoms with E-state index in [1.165, 1.54) is 0 Å². The van der Waals surface area contributed by atoms with Crippen molar-refractivity contribution in [1.82, 2.24) is 15.6 Å². The van der Waals surface area contributed by atoms with Crippen molar-refractivity contribution < 1.29 is 9.47 Å². The summed E-state index contributed by atoms with van der Waals surface area (Å²) in [6.07, 6.45) is 2.62. The van der Waals surface area contributed by atoms with Crippen molar-refractivity contribution in [3.8, 4) is 11.6 Å². The van der Waals surface area contributed by atoms with Gasteiger partial charge in [-0.05, 0) is 30.2 Å². The standard InChI is InChI=1S/C18H24N4O2/c1-19-18(22-14-15-9-11-20-17(13-15)23-2)21-10-6-12-24-16-7-4-3-5-8-16/h3-5,7-9,11,13H,6,10,12,14H2,1-2H3,(H2,19,21,22). The zero-order valence-corrected chi connectivity index (χ0v) is 14.2. The SMILES string of the molecule is CN=C(NCCCOc1ccccc1)NCc1ccnc(OC)c1. The fourth-order valence-corrected chi connectivity index (χ4v) is 2.06. The highest BCUT2D eigenvalue weighted by Gasteiger charge is 2.00. The molecule has 0 aliphatic carbocycles. The number of aromatic nitrogens is 1. The van der Waals surface area contributed by atoms with E-state index in [9.17, 15) is 0 Å². The number of methoxy groups -OCH3 is 1. The average molecular weight is 328 g/mol. The van der Waals surface area contributed by atoms with Crippen molar-refractivity contribution in [3.63, 3.8) is 0 Å². The molecule has 0 aliphatic rings. The van der Waals surface area contributed by atoms with Crippen LogP contribution in [0.1, 0.15) is 12.0 Å². The van der Waals surface area contributed by atoms with E-state index in [1.807, 2.05) is 42.5 Å². The van der Waals surface area contributed by atoms with Crippen LogP contribution in [-0.4, -0.2) is 38.3 Å². The normalized spacial score (nSPS) is 11.0. The van der Waals surface area contributed by atoms with Gasteiger partial charge in [-0.2, -0.15) is 0 Å². The fourth-order valence-electron chi connectivity index (χ4n) is 2.06. The smallest absolute Gasteiger partial charge is 0.213 e. The van der Waals surface area contributed by atoms with Crippen molar-refractivity contribution >= 4 is 5.96 Å². The van der Waals surface area contributed by atoms with Gasteiger partial charge in [0.05, 0.1) is 13.7 Å². The minimum absolute atomic E-state index is 0.607. The number of benzene rings is 1. The van der Waals surface area contributed by atoms with Gasteiger partial charge in [-0.3, -0.25) is 4.99 Å². The number of nitrogens with one attached hydrogen (secondary N) is 2. The lowest BCUT2D eigenvalue weighted by Crippen LogP contribution is -2.37. The zero-order valence-electron chi connectivity index (χ0n) is 14.2. The van der Waals surface area contributed by atoms with Crippen LogP contribution in [0.15, 0.2) is 53.7 Å². The molecule has 1 heterocycles. The van der Waals surface area contributed by atoms with E-state index in [4.69, 9.17) is 9.47 Å². The molecule has 6 nitrogen and oxygen atoms in total. The summed E-state index contributed by atoms with van der Waals surface area (Å²) in [6, 6.07) is 13.7. The number of aliphatic imine (C=N–C) groups is 1. The third-order valence-electron chi connectivity index (χ3n) is 3.32. The average Bonchev–Trinajstić information content (AvgIpc) is 2.65. The van der Waals surface area contributed by atoms with Crippen molar-refractivity contribution in [2.75, 3.05) is 27.3 Å². The molecule has 128 valence electrons. The molecule has 0 unspecified atom stereocenters. The second kappa shape index (κ2) is 10.1. The van der Waals surface area contributed by atoms with E-state index in [0.717, 1.165) is 30.2 Å². The van der Waals surface area contributed by atoms with Crippen LogP contribution in [0.3, 0.4) is 0 Å². The second-order valence-corrected chi connectivity index (χ2v) is 5.07. The van der Waals surface area contributed by atoms with Gasteiger partial charge >= 0.3 is 0 Å². The van der Waals surface area contributed by atoms with Gasteiger partial charge in [-0.25, -0.2) is 4.98 Å². The van der Waals surface area contributed by atoms with E-state index in [1.54, 1.807) is 20.4 Å². The van der Waals surface area contributed by atoms with E-state index in [0.29, 0.717) is 19.0 Å². The van der Waals surface area contributed by atoms with Crippen LogP contribution in [0.2, 0.25) is 0 Å². The van der Waals surface area contributed by atoms with E-state index in [-0.39, 0.29) is 0 Å². The molecule has 2 rings (SSSR count). The van der Waals surface area contributed by atoms with E-state index < -0.39 is 0 Å². The first-order valence-corrected chi connectivity index (χ1v) is 7.93. The molecular weight excluding hydrogens is 304 g/mol. The van der Waals surface area contributed by atoms with Gasteiger partial charge in [0, 0.05) is 32.4 Å². The third-order valence-corrected chi connectivity index (χ3v) is 3.32. The summed E-state index contributed by atoms with van der Waals surface area (Å²) in [5.41, 5.74) is 1.08. The van der Waals surface area contributed by atoms with Gasteiger partial charge in [0.1, 0.15) is 5.75 Å². The lowest BCUT2D eigenvalue weighted by molar-refractivity contribution is 0.311. The number of nitrogens with zero attached hydrogens (tertiary/aromatic N) is 2. The van der Waals surface area contributed by atoms with Gasteiger partial charge < -0.3 is 20.1 Å². The van der Waals surface area contributed by atoms with Crippen LogP contribution in [0.4, 0.5) is 0 Å². The Labute approximate surface area is 142 Å². The Morgan fingerprint density at radius 2 is 2.00 bits per heavy atom. The molecule has 0 aliphatic heterocycles. The number of hydrogen-bond donors (Lipinski definition) is 2. The molecule has 0 fully saturated rings. The molecule has 2 aromatic rings. The Morgan fingerprint density at radius 3 is 2.75 bits per heavy atom. The molecule has 0 bridgehead atoms. The van der Waals surface area contributed by atoms with Gasteiger partial charge in [0.2, 0.25) is 5.88 Å². The van der Waals surface area contributed by atoms with Crippen LogP contribution in [-0.2, 0) is 6.54 Å². The molecular formula is C18H24N4O2. The summed E-state index contributed by atoms with van der Waals surface area (Å²) in [5, 5.41) is 6.53. The maximum absolute atomic E-state index is 5.66. The second-order valence-electron chi connectivity index (χ2n) is 5.07. The molecule has 0 spiro atoms. The minimum Gasteiger partial charge on any atom is -0.494 e. The van der Waals surface area contributed by atoms with Crippen molar-refractivity contribution in [3.05, 3.63) is 54.2 Å². The molecule has 0 saturated carbocycles. The van der Waals surface area contributed by atoms with Crippen molar-refractivity contribution in [2.24, 2.45) is 4.99 Å². The topological polar surface area (TPSA) is 67.8 Å². The largest absolute Gasteiger partial charge is 0.494 e. The quantitative estimate of drug-likeness (QED) is 0.442. The molecule has 0 saturated heterocycles. The Hall–Kier alpha value is -2.76. The van der Waals surface area contributed by atoms with Crippen molar-refractivity contribution in [2.45, 2.75) is 13.0 Å². The molecule has 24 heavy (non-hydrogen) atoms. The monoisotopic (exact) mass is 328 g/mol. The highest BCUT2D eigenvalue weighted by atomic mass is 16.5. The third kappa shape index (κ3) is 6.16. The maximum Gasteiger partial charge on any atom is 0.213 e. The first-order valence-electron chi connectivity index (χ1n) is 7.93. The molecule has 0 amide bonds.